The predicted molar refractivity (Wildman–Crippen MR) is 105 cm³/mol. The lowest BCUT2D eigenvalue weighted by Gasteiger charge is -2.39. The molecule has 1 aromatic heterocycles. The van der Waals surface area contributed by atoms with Gasteiger partial charge in [0, 0.05) is 28.3 Å². The fourth-order valence-electron chi connectivity index (χ4n) is 3.73. The van der Waals surface area contributed by atoms with Crippen LogP contribution in [0.25, 0.3) is 0 Å². The molecule has 4 nitrogen and oxygen atoms in total. The van der Waals surface area contributed by atoms with E-state index in [1.54, 1.807) is 13.0 Å². The maximum Gasteiger partial charge on any atom is 0.336 e. The maximum absolute atomic E-state index is 13.0. The highest BCUT2D eigenvalue weighted by molar-refractivity contribution is 7.17. The minimum atomic E-state index is -0.543. The summed E-state index contributed by atoms with van der Waals surface area (Å²) in [7, 11) is 0. The van der Waals surface area contributed by atoms with Crippen molar-refractivity contribution in [2.24, 2.45) is 5.41 Å². The van der Waals surface area contributed by atoms with Crippen molar-refractivity contribution in [1.82, 2.24) is 5.32 Å². The monoisotopic (exact) mass is 413 g/mol. The van der Waals surface area contributed by atoms with Crippen molar-refractivity contribution in [3.8, 4) is 0 Å². The van der Waals surface area contributed by atoms with E-state index in [0.717, 1.165) is 12.1 Å². The smallest absolute Gasteiger partial charge is 0.336 e. The molecule has 0 saturated heterocycles. The lowest BCUT2D eigenvalue weighted by atomic mass is 9.70. The van der Waals surface area contributed by atoms with Crippen LogP contribution in [0.3, 0.4) is 0 Å². The highest BCUT2D eigenvalue weighted by atomic mass is 35.5. The van der Waals surface area contributed by atoms with Crippen molar-refractivity contribution in [1.29, 1.82) is 0 Å². The number of esters is 1. The van der Waals surface area contributed by atoms with Gasteiger partial charge in [0.15, 0.2) is 5.78 Å². The van der Waals surface area contributed by atoms with Crippen LogP contribution in [0.5, 0.6) is 0 Å². The van der Waals surface area contributed by atoms with Crippen LogP contribution in [-0.4, -0.2) is 18.4 Å². The van der Waals surface area contributed by atoms with Crippen LogP contribution < -0.4 is 5.32 Å². The summed E-state index contributed by atoms with van der Waals surface area (Å²) in [6.45, 7) is 7.99. The Hall–Kier alpha value is -1.30. The number of hydrogen-bond acceptors (Lipinski definition) is 5. The van der Waals surface area contributed by atoms with Gasteiger partial charge in [-0.25, -0.2) is 4.79 Å². The van der Waals surface area contributed by atoms with E-state index in [4.69, 9.17) is 27.9 Å². The van der Waals surface area contributed by atoms with E-state index in [2.05, 4.69) is 19.2 Å². The van der Waals surface area contributed by atoms with Crippen LogP contribution in [0.2, 0.25) is 9.36 Å². The molecule has 0 bridgehead atoms. The number of nitrogens with one attached hydrogen (secondary N) is 1. The molecule has 1 N–H and O–H groups in total. The lowest BCUT2D eigenvalue weighted by Crippen LogP contribution is -2.38. The largest absolute Gasteiger partial charge is 0.463 e. The van der Waals surface area contributed by atoms with Gasteiger partial charge in [-0.05, 0) is 31.7 Å². The van der Waals surface area contributed by atoms with Crippen LogP contribution in [0.4, 0.5) is 0 Å². The third-order valence-electron chi connectivity index (χ3n) is 4.68. The summed E-state index contributed by atoms with van der Waals surface area (Å²) < 4.78 is 5.79. The Bertz CT molecular complexity index is 851. The molecule has 7 heteroatoms. The summed E-state index contributed by atoms with van der Waals surface area (Å²) >= 11 is 13.9. The second-order valence-electron chi connectivity index (χ2n) is 7.41. The Kier molecular flexibility index (Phi) is 5.26. The van der Waals surface area contributed by atoms with Gasteiger partial charge in [0.1, 0.15) is 0 Å². The number of allylic oxidation sites excluding steroid dienone is 3. The summed E-state index contributed by atoms with van der Waals surface area (Å²) in [4.78, 5) is 26.4. The van der Waals surface area contributed by atoms with Crippen molar-refractivity contribution in [2.75, 3.05) is 6.61 Å². The van der Waals surface area contributed by atoms with E-state index in [1.165, 1.54) is 11.3 Å². The summed E-state index contributed by atoms with van der Waals surface area (Å²) in [5, 5.41) is 3.75. The Morgan fingerprint density at radius 2 is 2.08 bits per heavy atom. The van der Waals surface area contributed by atoms with Gasteiger partial charge in [-0.2, -0.15) is 0 Å². The van der Waals surface area contributed by atoms with Gasteiger partial charge >= 0.3 is 5.97 Å². The molecule has 2 heterocycles. The van der Waals surface area contributed by atoms with Gasteiger partial charge < -0.3 is 10.1 Å². The fourth-order valence-corrected chi connectivity index (χ4v) is 5.44. The summed E-state index contributed by atoms with van der Waals surface area (Å²) in [5.41, 5.74) is 2.46. The van der Waals surface area contributed by atoms with Gasteiger partial charge in [0.2, 0.25) is 0 Å². The topological polar surface area (TPSA) is 55.4 Å². The number of Topliss-reactive ketones (excluding diaryl/α,β-unsaturated/α-hetero) is 1. The number of dihydropyridines is 1. The number of ketones is 1. The third kappa shape index (κ3) is 3.45. The number of thiophene rings is 1. The maximum atomic E-state index is 13.0. The Labute approximate surface area is 167 Å². The van der Waals surface area contributed by atoms with Crippen LogP contribution >= 0.6 is 34.5 Å². The van der Waals surface area contributed by atoms with Crippen molar-refractivity contribution < 1.29 is 14.3 Å². The predicted octanol–water partition coefficient (Wildman–Crippen LogP) is 5.22. The molecule has 0 radical (unpaired) electrons. The zero-order chi connectivity index (χ0) is 19.2. The molecule has 0 amide bonds. The number of hydrogen-bond donors (Lipinski definition) is 1. The molecular formula is C19H21Cl2NO3S. The van der Waals surface area contributed by atoms with Gasteiger partial charge in [-0.15, -0.1) is 11.3 Å². The second-order valence-corrected chi connectivity index (χ2v) is 9.54. The average molecular weight is 414 g/mol. The highest BCUT2D eigenvalue weighted by Gasteiger charge is 2.44. The van der Waals surface area contributed by atoms with Gasteiger partial charge in [0.05, 0.1) is 27.5 Å². The molecule has 0 saturated carbocycles. The molecule has 0 fully saturated rings. The van der Waals surface area contributed by atoms with Crippen molar-refractivity contribution >= 4 is 46.3 Å². The Morgan fingerprint density at radius 3 is 2.65 bits per heavy atom. The molecule has 26 heavy (non-hydrogen) atoms. The first-order valence-corrected chi connectivity index (χ1v) is 10.1. The van der Waals surface area contributed by atoms with Crippen LogP contribution in [0, 0.1) is 5.41 Å². The molecule has 1 aliphatic carbocycles. The molecule has 0 spiro atoms. The number of halogens is 2. The third-order valence-corrected chi connectivity index (χ3v) is 6.43. The summed E-state index contributed by atoms with van der Waals surface area (Å²) in [6.07, 6.45) is 1.16. The molecule has 140 valence electrons. The first kappa shape index (κ1) is 19.5. The average Bonchev–Trinajstić information content (AvgIpc) is 2.82. The van der Waals surface area contributed by atoms with Crippen molar-refractivity contribution in [3.05, 3.63) is 42.8 Å². The second kappa shape index (κ2) is 7.02. The minimum Gasteiger partial charge on any atom is -0.463 e. The molecule has 3 rings (SSSR count). The lowest BCUT2D eigenvalue weighted by molar-refractivity contribution is -0.138. The van der Waals surface area contributed by atoms with E-state index >= 15 is 0 Å². The quantitative estimate of drug-likeness (QED) is 0.689. The van der Waals surface area contributed by atoms with E-state index in [-0.39, 0.29) is 17.8 Å². The number of ether oxygens (including phenoxy) is 1. The zero-order valence-corrected chi connectivity index (χ0v) is 17.5. The zero-order valence-electron chi connectivity index (χ0n) is 15.2. The fraction of sp³-hybridized carbons (Fsp3) is 0.474. The highest BCUT2D eigenvalue weighted by Crippen LogP contribution is 2.50. The van der Waals surface area contributed by atoms with Gasteiger partial charge in [-0.1, -0.05) is 37.0 Å². The van der Waals surface area contributed by atoms with Crippen LogP contribution in [0.1, 0.15) is 51.3 Å². The summed E-state index contributed by atoms with van der Waals surface area (Å²) in [6, 6.07) is 1.65. The molecular weight excluding hydrogens is 393 g/mol. The molecule has 0 aromatic carbocycles. The van der Waals surface area contributed by atoms with Crippen LogP contribution in [-0.2, 0) is 14.3 Å². The first-order chi connectivity index (χ1) is 12.1. The van der Waals surface area contributed by atoms with Gasteiger partial charge in [0.25, 0.3) is 0 Å². The number of carbonyl (C=O) groups is 2. The normalized spacial score (nSPS) is 22.2. The molecule has 1 atom stereocenters. The first-order valence-electron chi connectivity index (χ1n) is 8.50. The van der Waals surface area contributed by atoms with E-state index < -0.39 is 11.9 Å². The molecule has 1 aromatic rings. The molecule has 2 aliphatic rings. The van der Waals surface area contributed by atoms with Crippen molar-refractivity contribution in [3.63, 3.8) is 0 Å². The number of rotatable bonds is 3. The van der Waals surface area contributed by atoms with E-state index in [1.807, 2.05) is 6.92 Å². The van der Waals surface area contributed by atoms with Crippen molar-refractivity contribution in [2.45, 2.75) is 46.5 Å². The molecule has 1 unspecified atom stereocenters. The summed E-state index contributed by atoms with van der Waals surface area (Å²) in [5.74, 6) is -0.949. The van der Waals surface area contributed by atoms with Gasteiger partial charge in [-0.3, -0.25) is 4.79 Å². The molecule has 1 aliphatic heterocycles. The Morgan fingerprint density at radius 1 is 1.38 bits per heavy atom. The number of carbonyl (C=O) groups excluding carboxylic acids is 2. The standard InChI is InChI=1S/C19H21Cl2NO3S/c1-5-25-18(24)14-9(2)22-11-7-19(3,4)8-12(23)15(11)16(14)17-10(20)6-13(21)26-17/h6,16,22H,5,7-8H2,1-4H3. The van der Waals surface area contributed by atoms with Crippen LogP contribution in [0.15, 0.2) is 28.6 Å². The van der Waals surface area contributed by atoms with E-state index in [9.17, 15) is 9.59 Å². The minimum absolute atomic E-state index is 0.0311. The SMILES string of the molecule is CCOC(=O)C1=C(C)NC2=C(C(=O)CC(C)(C)C2)C1c1sc(Cl)cc1Cl. The Balaban J connectivity index is 2.20. The van der Waals surface area contributed by atoms with E-state index in [0.29, 0.717) is 37.5 Å².